The van der Waals surface area contributed by atoms with Crippen molar-refractivity contribution in [1.82, 2.24) is 9.78 Å². The average Bonchev–Trinajstić information content (AvgIpc) is 2.60. The lowest BCUT2D eigenvalue weighted by molar-refractivity contribution is 0.837. The first kappa shape index (κ1) is 9.28. The van der Waals surface area contributed by atoms with Gasteiger partial charge in [0.25, 0.3) is 5.56 Å². The van der Waals surface area contributed by atoms with E-state index in [1.54, 1.807) is 0 Å². The summed E-state index contributed by atoms with van der Waals surface area (Å²) in [5.74, 6) is 0. The smallest absolute Gasteiger partial charge is 0.272 e. The SMILES string of the molecule is Cc1ccccc1-n1[nH]c(C#N)cc1=O. The van der Waals surface area contributed by atoms with Crippen molar-refractivity contribution < 1.29 is 0 Å². The van der Waals surface area contributed by atoms with Crippen molar-refractivity contribution in [3.63, 3.8) is 0 Å². The molecule has 0 bridgehead atoms. The first-order chi connectivity index (χ1) is 7.22. The molecule has 1 aromatic heterocycles. The van der Waals surface area contributed by atoms with E-state index in [4.69, 9.17) is 5.26 Å². The van der Waals surface area contributed by atoms with Crippen molar-refractivity contribution in [3.8, 4) is 11.8 Å². The van der Waals surface area contributed by atoms with Crippen LogP contribution in [0.3, 0.4) is 0 Å². The third-order valence-corrected chi connectivity index (χ3v) is 2.20. The topological polar surface area (TPSA) is 61.6 Å². The summed E-state index contributed by atoms with van der Waals surface area (Å²) in [4.78, 5) is 11.5. The molecule has 0 fully saturated rings. The first-order valence-corrected chi connectivity index (χ1v) is 4.50. The number of aryl methyl sites for hydroxylation is 1. The van der Waals surface area contributed by atoms with Gasteiger partial charge in [0, 0.05) is 6.07 Å². The van der Waals surface area contributed by atoms with Crippen LogP contribution in [0.25, 0.3) is 5.69 Å². The summed E-state index contributed by atoms with van der Waals surface area (Å²) in [6, 6.07) is 10.7. The third-order valence-electron chi connectivity index (χ3n) is 2.20. The maximum absolute atomic E-state index is 11.5. The summed E-state index contributed by atoms with van der Waals surface area (Å²) >= 11 is 0. The van der Waals surface area contributed by atoms with Gasteiger partial charge in [-0.15, -0.1) is 0 Å². The molecular weight excluding hydrogens is 190 g/mol. The minimum atomic E-state index is -0.221. The number of para-hydroxylation sites is 1. The summed E-state index contributed by atoms with van der Waals surface area (Å²) in [5, 5.41) is 11.4. The first-order valence-electron chi connectivity index (χ1n) is 4.50. The number of nitrogens with zero attached hydrogens (tertiary/aromatic N) is 2. The third kappa shape index (κ3) is 1.55. The van der Waals surface area contributed by atoms with E-state index in [2.05, 4.69) is 5.10 Å². The number of hydrogen-bond acceptors (Lipinski definition) is 2. The highest BCUT2D eigenvalue weighted by atomic mass is 16.1. The molecule has 1 aromatic carbocycles. The maximum atomic E-state index is 11.5. The number of rotatable bonds is 1. The highest BCUT2D eigenvalue weighted by Crippen LogP contribution is 2.09. The molecule has 1 heterocycles. The summed E-state index contributed by atoms with van der Waals surface area (Å²) in [5.41, 5.74) is 1.79. The summed E-state index contributed by atoms with van der Waals surface area (Å²) in [6.45, 7) is 1.91. The van der Waals surface area contributed by atoms with Gasteiger partial charge in [-0.25, -0.2) is 4.68 Å². The van der Waals surface area contributed by atoms with Gasteiger partial charge in [-0.05, 0) is 18.6 Å². The van der Waals surface area contributed by atoms with Gasteiger partial charge in [-0.1, -0.05) is 18.2 Å². The number of nitrogens with one attached hydrogen (secondary N) is 1. The van der Waals surface area contributed by atoms with Gasteiger partial charge in [-0.2, -0.15) is 5.26 Å². The van der Waals surface area contributed by atoms with E-state index in [-0.39, 0.29) is 11.3 Å². The largest absolute Gasteiger partial charge is 0.281 e. The van der Waals surface area contributed by atoms with Crippen LogP contribution < -0.4 is 5.56 Å². The Morgan fingerprint density at radius 1 is 1.40 bits per heavy atom. The monoisotopic (exact) mass is 199 g/mol. The molecule has 74 valence electrons. The molecule has 0 saturated heterocycles. The molecule has 0 spiro atoms. The van der Waals surface area contributed by atoms with E-state index in [0.29, 0.717) is 0 Å². The van der Waals surface area contributed by atoms with Gasteiger partial charge in [0.15, 0.2) is 0 Å². The van der Waals surface area contributed by atoms with Gasteiger partial charge < -0.3 is 0 Å². The van der Waals surface area contributed by atoms with Crippen LogP contribution in [0.15, 0.2) is 35.1 Å². The highest BCUT2D eigenvalue weighted by molar-refractivity contribution is 5.39. The fraction of sp³-hybridized carbons (Fsp3) is 0.0909. The zero-order valence-corrected chi connectivity index (χ0v) is 8.19. The van der Waals surface area contributed by atoms with Gasteiger partial charge in [-0.3, -0.25) is 9.89 Å². The van der Waals surface area contributed by atoms with E-state index in [0.717, 1.165) is 11.3 Å². The Morgan fingerprint density at radius 3 is 2.73 bits per heavy atom. The average molecular weight is 199 g/mol. The second kappa shape index (κ2) is 3.46. The molecule has 4 heteroatoms. The molecule has 4 nitrogen and oxygen atoms in total. The lowest BCUT2D eigenvalue weighted by Crippen LogP contribution is -2.14. The van der Waals surface area contributed by atoms with Crippen molar-refractivity contribution in [1.29, 1.82) is 5.26 Å². The Morgan fingerprint density at radius 2 is 2.13 bits per heavy atom. The van der Waals surface area contributed by atoms with Crippen LogP contribution >= 0.6 is 0 Å². The zero-order valence-electron chi connectivity index (χ0n) is 8.19. The van der Waals surface area contributed by atoms with Crippen molar-refractivity contribution in [3.05, 3.63) is 51.9 Å². The number of H-pyrrole nitrogens is 1. The van der Waals surface area contributed by atoms with E-state index >= 15 is 0 Å². The van der Waals surface area contributed by atoms with Gasteiger partial charge >= 0.3 is 0 Å². The molecule has 2 rings (SSSR count). The zero-order chi connectivity index (χ0) is 10.8. The highest BCUT2D eigenvalue weighted by Gasteiger charge is 2.05. The number of nitriles is 1. The lowest BCUT2D eigenvalue weighted by Gasteiger charge is -2.04. The van der Waals surface area contributed by atoms with Crippen LogP contribution in [-0.2, 0) is 0 Å². The van der Waals surface area contributed by atoms with Gasteiger partial charge in [0.1, 0.15) is 11.8 Å². The van der Waals surface area contributed by atoms with E-state index in [1.807, 2.05) is 37.3 Å². The molecule has 0 saturated carbocycles. The molecule has 0 amide bonds. The number of aromatic amines is 1. The Hall–Kier alpha value is -2.28. The van der Waals surface area contributed by atoms with Crippen LogP contribution in [0.5, 0.6) is 0 Å². The molecule has 0 aliphatic heterocycles. The predicted molar refractivity (Wildman–Crippen MR) is 55.8 cm³/mol. The number of benzene rings is 1. The number of hydrogen-bond donors (Lipinski definition) is 1. The standard InChI is InChI=1S/C11H9N3O/c1-8-4-2-3-5-10(8)14-11(15)6-9(7-12)13-14/h2-6,13H,1H3. The maximum Gasteiger partial charge on any atom is 0.272 e. The number of aromatic nitrogens is 2. The molecular formula is C11H9N3O. The Kier molecular flexibility index (Phi) is 2.14. The minimum absolute atomic E-state index is 0.221. The molecule has 0 aliphatic carbocycles. The second-order valence-corrected chi connectivity index (χ2v) is 3.24. The normalized spacial score (nSPS) is 9.87. The molecule has 0 aliphatic rings. The Labute approximate surface area is 86.4 Å². The summed E-state index contributed by atoms with van der Waals surface area (Å²) < 4.78 is 1.37. The van der Waals surface area contributed by atoms with Crippen LogP contribution in [0.2, 0.25) is 0 Å². The van der Waals surface area contributed by atoms with Crippen molar-refractivity contribution in [2.24, 2.45) is 0 Å². The second-order valence-electron chi connectivity index (χ2n) is 3.24. The van der Waals surface area contributed by atoms with Crippen molar-refractivity contribution >= 4 is 0 Å². The van der Waals surface area contributed by atoms with Crippen molar-refractivity contribution in [2.45, 2.75) is 6.92 Å². The predicted octanol–water partition coefficient (Wildman–Crippen LogP) is 1.35. The van der Waals surface area contributed by atoms with Crippen molar-refractivity contribution in [2.75, 3.05) is 0 Å². The molecule has 0 atom stereocenters. The van der Waals surface area contributed by atoms with Crippen LogP contribution in [-0.4, -0.2) is 9.78 Å². The summed E-state index contributed by atoms with van der Waals surface area (Å²) in [6.07, 6.45) is 0. The quantitative estimate of drug-likeness (QED) is 0.753. The van der Waals surface area contributed by atoms with E-state index in [1.165, 1.54) is 10.7 Å². The molecule has 0 radical (unpaired) electrons. The van der Waals surface area contributed by atoms with Crippen LogP contribution in [0.4, 0.5) is 0 Å². The Bertz CT molecular complexity index is 586. The fourth-order valence-corrected chi connectivity index (χ4v) is 1.45. The van der Waals surface area contributed by atoms with Gasteiger partial charge in [0.05, 0.1) is 5.69 Å². The molecule has 15 heavy (non-hydrogen) atoms. The Balaban J connectivity index is 2.65. The summed E-state index contributed by atoms with van der Waals surface area (Å²) in [7, 11) is 0. The van der Waals surface area contributed by atoms with Crippen LogP contribution in [0, 0.1) is 18.3 Å². The van der Waals surface area contributed by atoms with Crippen LogP contribution in [0.1, 0.15) is 11.3 Å². The molecule has 2 aromatic rings. The lowest BCUT2D eigenvalue weighted by atomic mass is 10.2. The van der Waals surface area contributed by atoms with E-state index < -0.39 is 0 Å². The molecule has 0 unspecified atom stereocenters. The van der Waals surface area contributed by atoms with E-state index in [9.17, 15) is 4.79 Å². The molecule has 1 N–H and O–H groups in total. The minimum Gasteiger partial charge on any atom is -0.281 e. The van der Waals surface area contributed by atoms with Gasteiger partial charge in [0.2, 0.25) is 0 Å². The fourth-order valence-electron chi connectivity index (χ4n) is 1.45.